The smallest absolute Gasteiger partial charge is 0.240 e. The number of aliphatic imine (C=N–C) groups is 1. The molecule has 0 radical (unpaired) electrons. The molecule has 1 aromatic rings. The Bertz CT molecular complexity index is 535. The predicted octanol–water partition coefficient (Wildman–Crippen LogP) is 2.76. The van der Waals surface area contributed by atoms with Crippen molar-refractivity contribution >= 4 is 27.8 Å². The van der Waals surface area contributed by atoms with Crippen molar-refractivity contribution in [2.45, 2.75) is 39.8 Å². The summed E-state index contributed by atoms with van der Waals surface area (Å²) in [6, 6.07) is 8.06. The second-order valence-corrected chi connectivity index (χ2v) is 7.37. The Kier molecular flexibility index (Phi) is 7.55. The van der Waals surface area contributed by atoms with E-state index in [2.05, 4.69) is 31.6 Å². The van der Waals surface area contributed by atoms with E-state index in [-0.39, 0.29) is 18.0 Å². The molecule has 1 aromatic carbocycles. The summed E-state index contributed by atoms with van der Waals surface area (Å²) < 4.78 is 1.05. The van der Waals surface area contributed by atoms with Crippen molar-refractivity contribution in [1.29, 1.82) is 0 Å². The van der Waals surface area contributed by atoms with Crippen LogP contribution in [0.15, 0.2) is 33.7 Å². The zero-order valence-corrected chi connectivity index (χ0v) is 16.2. The van der Waals surface area contributed by atoms with Crippen molar-refractivity contribution in [3.63, 3.8) is 0 Å². The van der Waals surface area contributed by atoms with Crippen LogP contribution < -0.4 is 10.6 Å². The molecular formula is C17H27BrN4O. The van der Waals surface area contributed by atoms with E-state index in [1.54, 1.807) is 0 Å². The molecule has 5 nitrogen and oxygen atoms in total. The molecule has 0 bridgehead atoms. The number of rotatable bonds is 5. The van der Waals surface area contributed by atoms with E-state index >= 15 is 0 Å². The number of nitrogens with zero attached hydrogens (tertiary/aromatic N) is 2. The van der Waals surface area contributed by atoms with Crippen LogP contribution in [0.5, 0.6) is 0 Å². The van der Waals surface area contributed by atoms with Crippen LogP contribution in [0.4, 0.5) is 0 Å². The van der Waals surface area contributed by atoms with Crippen LogP contribution in [-0.2, 0) is 11.3 Å². The van der Waals surface area contributed by atoms with Crippen molar-refractivity contribution in [3.8, 4) is 0 Å². The highest BCUT2D eigenvalue weighted by Crippen LogP contribution is 2.11. The quantitative estimate of drug-likeness (QED) is 0.607. The van der Waals surface area contributed by atoms with E-state index in [0.717, 1.165) is 22.5 Å². The SMILES string of the molecule is CCNC(=NCc1ccc(Br)cc1)N(C)CC(=O)NC(C)(C)C. The van der Waals surface area contributed by atoms with Gasteiger partial charge in [0.05, 0.1) is 13.1 Å². The van der Waals surface area contributed by atoms with Crippen LogP contribution in [-0.4, -0.2) is 42.4 Å². The number of amides is 1. The lowest BCUT2D eigenvalue weighted by atomic mass is 10.1. The van der Waals surface area contributed by atoms with E-state index in [4.69, 9.17) is 0 Å². The van der Waals surface area contributed by atoms with Gasteiger partial charge in [0.15, 0.2) is 5.96 Å². The monoisotopic (exact) mass is 382 g/mol. The van der Waals surface area contributed by atoms with Gasteiger partial charge in [-0.2, -0.15) is 0 Å². The number of halogens is 1. The van der Waals surface area contributed by atoms with Gasteiger partial charge in [0.25, 0.3) is 0 Å². The summed E-state index contributed by atoms with van der Waals surface area (Å²) in [5.41, 5.74) is 0.890. The first kappa shape index (κ1) is 19.5. The van der Waals surface area contributed by atoms with Gasteiger partial charge < -0.3 is 15.5 Å². The molecule has 0 heterocycles. The van der Waals surface area contributed by atoms with E-state index in [0.29, 0.717) is 6.54 Å². The zero-order chi connectivity index (χ0) is 17.5. The third kappa shape index (κ3) is 8.02. The molecule has 0 fully saturated rings. The van der Waals surface area contributed by atoms with Crippen LogP contribution in [0.25, 0.3) is 0 Å². The van der Waals surface area contributed by atoms with Crippen molar-refractivity contribution in [1.82, 2.24) is 15.5 Å². The maximum Gasteiger partial charge on any atom is 0.240 e. The molecular weight excluding hydrogens is 356 g/mol. The van der Waals surface area contributed by atoms with Crippen molar-refractivity contribution in [2.75, 3.05) is 20.1 Å². The minimum Gasteiger partial charge on any atom is -0.357 e. The van der Waals surface area contributed by atoms with E-state index in [1.807, 2.05) is 63.9 Å². The molecule has 0 aliphatic heterocycles. The van der Waals surface area contributed by atoms with Crippen LogP contribution in [0.2, 0.25) is 0 Å². The maximum atomic E-state index is 12.0. The summed E-state index contributed by atoms with van der Waals surface area (Å²) in [5.74, 6) is 0.703. The Morgan fingerprint density at radius 1 is 1.26 bits per heavy atom. The molecule has 0 spiro atoms. The molecule has 1 amide bonds. The summed E-state index contributed by atoms with van der Waals surface area (Å²) in [7, 11) is 1.87. The first-order valence-corrected chi connectivity index (χ1v) is 8.55. The van der Waals surface area contributed by atoms with E-state index in [1.165, 1.54) is 0 Å². The number of nitrogens with one attached hydrogen (secondary N) is 2. The summed E-state index contributed by atoms with van der Waals surface area (Å²) in [6.07, 6.45) is 0. The average molecular weight is 383 g/mol. The molecule has 0 atom stereocenters. The topological polar surface area (TPSA) is 56.7 Å². The van der Waals surface area contributed by atoms with Crippen molar-refractivity contribution < 1.29 is 4.79 Å². The largest absolute Gasteiger partial charge is 0.357 e. The van der Waals surface area contributed by atoms with Gasteiger partial charge in [-0.15, -0.1) is 0 Å². The lowest BCUT2D eigenvalue weighted by molar-refractivity contribution is -0.122. The fraction of sp³-hybridized carbons (Fsp3) is 0.529. The number of hydrogen-bond acceptors (Lipinski definition) is 2. The fourth-order valence-electron chi connectivity index (χ4n) is 1.97. The minimum absolute atomic E-state index is 0.0192. The number of carbonyl (C=O) groups excluding carboxylic acids is 1. The Balaban J connectivity index is 2.70. The number of likely N-dealkylation sites (N-methyl/N-ethyl adjacent to an activating group) is 1. The van der Waals surface area contributed by atoms with Gasteiger partial charge in [0.1, 0.15) is 0 Å². The number of hydrogen-bond donors (Lipinski definition) is 2. The van der Waals surface area contributed by atoms with Crippen LogP contribution in [0.3, 0.4) is 0 Å². The molecule has 1 rings (SSSR count). The summed E-state index contributed by atoms with van der Waals surface area (Å²) in [5, 5.41) is 6.18. The standard InChI is InChI=1S/C17H27BrN4O/c1-6-19-16(20-11-13-7-9-14(18)10-8-13)22(5)12-15(23)21-17(2,3)4/h7-10H,6,11-12H2,1-5H3,(H,19,20)(H,21,23). The van der Waals surface area contributed by atoms with Gasteiger partial charge in [0, 0.05) is 23.6 Å². The first-order chi connectivity index (χ1) is 10.7. The molecule has 0 unspecified atom stereocenters. The Hall–Kier alpha value is -1.56. The molecule has 6 heteroatoms. The Morgan fingerprint density at radius 2 is 1.87 bits per heavy atom. The van der Waals surface area contributed by atoms with E-state index in [9.17, 15) is 4.79 Å². The second kappa shape index (κ2) is 8.91. The maximum absolute atomic E-state index is 12.0. The van der Waals surface area contributed by atoms with Gasteiger partial charge >= 0.3 is 0 Å². The minimum atomic E-state index is -0.231. The molecule has 0 saturated carbocycles. The highest BCUT2D eigenvalue weighted by Gasteiger charge is 2.16. The lowest BCUT2D eigenvalue weighted by Crippen LogP contribution is -2.48. The van der Waals surface area contributed by atoms with Gasteiger partial charge in [-0.1, -0.05) is 28.1 Å². The first-order valence-electron chi connectivity index (χ1n) is 7.76. The summed E-state index contributed by atoms with van der Waals surface area (Å²) in [6.45, 7) is 9.51. The molecule has 2 N–H and O–H groups in total. The molecule has 23 heavy (non-hydrogen) atoms. The molecule has 128 valence electrons. The number of benzene rings is 1. The van der Waals surface area contributed by atoms with Gasteiger partial charge in [-0.05, 0) is 45.4 Å². The Morgan fingerprint density at radius 3 is 2.39 bits per heavy atom. The number of carbonyl (C=O) groups is 1. The fourth-order valence-corrected chi connectivity index (χ4v) is 2.24. The average Bonchev–Trinajstić information content (AvgIpc) is 2.42. The van der Waals surface area contributed by atoms with E-state index < -0.39 is 0 Å². The van der Waals surface area contributed by atoms with Gasteiger partial charge in [-0.3, -0.25) is 4.79 Å². The number of guanidine groups is 1. The van der Waals surface area contributed by atoms with Crippen molar-refractivity contribution in [3.05, 3.63) is 34.3 Å². The Labute approximate surface area is 147 Å². The normalized spacial score (nSPS) is 12.0. The van der Waals surface area contributed by atoms with Gasteiger partial charge in [-0.25, -0.2) is 4.99 Å². The molecule has 0 aliphatic carbocycles. The van der Waals surface area contributed by atoms with Crippen LogP contribution >= 0.6 is 15.9 Å². The summed E-state index contributed by atoms with van der Waals surface area (Å²) in [4.78, 5) is 18.5. The van der Waals surface area contributed by atoms with Gasteiger partial charge in [0.2, 0.25) is 5.91 Å². The third-order valence-corrected chi connectivity index (χ3v) is 3.44. The second-order valence-electron chi connectivity index (χ2n) is 6.45. The molecule has 0 aromatic heterocycles. The molecule has 0 saturated heterocycles. The zero-order valence-electron chi connectivity index (χ0n) is 14.6. The summed E-state index contributed by atoms with van der Waals surface area (Å²) >= 11 is 3.42. The van der Waals surface area contributed by atoms with Crippen molar-refractivity contribution in [2.24, 2.45) is 4.99 Å². The van der Waals surface area contributed by atoms with Crippen LogP contribution in [0, 0.1) is 0 Å². The van der Waals surface area contributed by atoms with Crippen LogP contribution in [0.1, 0.15) is 33.3 Å². The predicted molar refractivity (Wildman–Crippen MR) is 99.5 cm³/mol. The molecule has 0 aliphatic rings. The third-order valence-electron chi connectivity index (χ3n) is 2.92. The lowest BCUT2D eigenvalue weighted by Gasteiger charge is -2.25. The highest BCUT2D eigenvalue weighted by atomic mass is 79.9. The highest BCUT2D eigenvalue weighted by molar-refractivity contribution is 9.10.